The lowest BCUT2D eigenvalue weighted by molar-refractivity contribution is 0.601. The maximum absolute atomic E-state index is 8.89. The Bertz CT molecular complexity index is 579. The zero-order valence-electron chi connectivity index (χ0n) is 10.1. The number of hydrogen-bond acceptors (Lipinski definition) is 2. The molecule has 0 spiro atoms. The van der Waals surface area contributed by atoms with E-state index in [2.05, 4.69) is 39.8 Å². The topological polar surface area (TPSA) is 23.8 Å². The third kappa shape index (κ3) is 1.72. The van der Waals surface area contributed by atoms with E-state index in [1.165, 1.54) is 20.5 Å². The molecule has 1 aromatic heterocycles. The second kappa shape index (κ2) is 3.61. The lowest BCUT2D eigenvalue weighted by Crippen LogP contribution is -2.09. The summed E-state index contributed by atoms with van der Waals surface area (Å²) < 4.78 is 1.22. The Morgan fingerprint density at radius 3 is 2.50 bits per heavy atom. The molecular weight excluding hydrogens is 214 g/mol. The zero-order chi connectivity index (χ0) is 11.9. The Morgan fingerprint density at radius 2 is 1.94 bits per heavy atom. The van der Waals surface area contributed by atoms with Gasteiger partial charge in [0.15, 0.2) is 0 Å². The molecule has 0 aliphatic heterocycles. The van der Waals surface area contributed by atoms with Gasteiger partial charge in [-0.2, -0.15) is 5.26 Å². The van der Waals surface area contributed by atoms with Crippen molar-refractivity contribution in [2.45, 2.75) is 33.1 Å². The summed E-state index contributed by atoms with van der Waals surface area (Å²) in [5.41, 5.74) is 2.28. The van der Waals surface area contributed by atoms with Gasteiger partial charge in [0.05, 0.1) is 11.6 Å². The van der Waals surface area contributed by atoms with Crippen LogP contribution in [0.2, 0.25) is 0 Å². The van der Waals surface area contributed by atoms with Crippen molar-refractivity contribution in [2.75, 3.05) is 0 Å². The first-order valence-electron chi connectivity index (χ1n) is 5.37. The number of hydrogen-bond donors (Lipinski definition) is 0. The molecule has 1 nitrogen and oxygen atoms in total. The van der Waals surface area contributed by atoms with Crippen molar-refractivity contribution >= 4 is 21.4 Å². The molecular formula is C14H15NS. The maximum atomic E-state index is 8.89. The molecule has 2 heteroatoms. The van der Waals surface area contributed by atoms with E-state index < -0.39 is 0 Å². The summed E-state index contributed by atoms with van der Waals surface area (Å²) in [7, 11) is 0. The summed E-state index contributed by atoms with van der Waals surface area (Å²) in [6.07, 6.45) is 0. The third-order valence-electron chi connectivity index (χ3n) is 2.75. The minimum atomic E-state index is 0.181. The molecule has 1 heterocycles. The summed E-state index contributed by atoms with van der Waals surface area (Å²) in [6, 6.07) is 8.14. The fourth-order valence-electron chi connectivity index (χ4n) is 2.01. The number of aryl methyl sites for hydroxylation is 1. The first kappa shape index (κ1) is 11.2. The van der Waals surface area contributed by atoms with Gasteiger partial charge in [-0.1, -0.05) is 26.8 Å². The Hall–Kier alpha value is -1.33. The minimum absolute atomic E-state index is 0.181. The molecule has 0 saturated heterocycles. The van der Waals surface area contributed by atoms with Crippen molar-refractivity contribution in [2.24, 2.45) is 0 Å². The first-order chi connectivity index (χ1) is 7.43. The van der Waals surface area contributed by atoms with Gasteiger partial charge in [-0.25, -0.2) is 0 Å². The average molecular weight is 229 g/mol. The van der Waals surface area contributed by atoms with Crippen LogP contribution in [0.3, 0.4) is 0 Å². The molecule has 82 valence electrons. The average Bonchev–Trinajstić information content (AvgIpc) is 2.55. The van der Waals surface area contributed by atoms with Gasteiger partial charge < -0.3 is 0 Å². The molecule has 0 fully saturated rings. The molecule has 0 aliphatic carbocycles. The quantitative estimate of drug-likeness (QED) is 0.657. The van der Waals surface area contributed by atoms with Crippen molar-refractivity contribution in [3.05, 3.63) is 34.2 Å². The molecule has 0 saturated carbocycles. The maximum Gasteiger partial charge on any atom is 0.0992 e. The number of thiophene rings is 1. The molecule has 0 unspecified atom stereocenters. The van der Waals surface area contributed by atoms with Crippen LogP contribution < -0.4 is 0 Å². The number of fused-ring (bicyclic) bond motifs is 1. The second-order valence-electron chi connectivity index (χ2n) is 5.13. The summed E-state index contributed by atoms with van der Waals surface area (Å²) in [4.78, 5) is 1.41. The summed E-state index contributed by atoms with van der Waals surface area (Å²) in [5, 5.41) is 10.2. The number of nitrogens with zero attached hydrogens (tertiary/aromatic N) is 1. The van der Waals surface area contributed by atoms with Gasteiger partial charge in [-0.3, -0.25) is 0 Å². The van der Waals surface area contributed by atoms with Crippen LogP contribution in [0.25, 0.3) is 10.1 Å². The Kier molecular flexibility index (Phi) is 2.52. The fraction of sp³-hybridized carbons (Fsp3) is 0.357. The predicted octanol–water partition coefficient (Wildman–Crippen LogP) is 4.38. The number of benzene rings is 1. The van der Waals surface area contributed by atoms with E-state index in [0.717, 1.165) is 5.56 Å². The Balaban J connectivity index is 2.74. The minimum Gasteiger partial charge on any atom is -0.192 e. The molecule has 0 amide bonds. The van der Waals surface area contributed by atoms with Crippen LogP contribution in [0.15, 0.2) is 18.2 Å². The van der Waals surface area contributed by atoms with Gasteiger partial charge in [0.1, 0.15) is 0 Å². The molecule has 2 rings (SSSR count). The molecule has 0 bridgehead atoms. The second-order valence-corrected chi connectivity index (χ2v) is 6.18. The summed E-state index contributed by atoms with van der Waals surface area (Å²) >= 11 is 1.81. The molecule has 16 heavy (non-hydrogen) atoms. The summed E-state index contributed by atoms with van der Waals surface area (Å²) in [5.74, 6) is 0. The van der Waals surface area contributed by atoms with Gasteiger partial charge in [-0.05, 0) is 35.4 Å². The highest BCUT2D eigenvalue weighted by atomic mass is 32.1. The highest BCUT2D eigenvalue weighted by Crippen LogP contribution is 2.38. The van der Waals surface area contributed by atoms with Crippen LogP contribution in [-0.2, 0) is 5.41 Å². The fourth-order valence-corrected chi connectivity index (χ4v) is 3.32. The van der Waals surface area contributed by atoms with Gasteiger partial charge >= 0.3 is 0 Å². The monoisotopic (exact) mass is 229 g/mol. The number of rotatable bonds is 0. The van der Waals surface area contributed by atoms with Crippen molar-refractivity contribution in [3.63, 3.8) is 0 Å². The Labute approximate surface area is 100 Å². The summed E-state index contributed by atoms with van der Waals surface area (Å²) in [6.45, 7) is 8.87. The Morgan fingerprint density at radius 1 is 1.25 bits per heavy atom. The van der Waals surface area contributed by atoms with Gasteiger partial charge in [0, 0.05) is 9.58 Å². The van der Waals surface area contributed by atoms with Gasteiger partial charge in [-0.15, -0.1) is 11.3 Å². The van der Waals surface area contributed by atoms with Crippen molar-refractivity contribution in [1.29, 1.82) is 5.26 Å². The van der Waals surface area contributed by atoms with E-state index >= 15 is 0 Å². The zero-order valence-corrected chi connectivity index (χ0v) is 10.9. The lowest BCUT2D eigenvalue weighted by atomic mass is 9.91. The smallest absolute Gasteiger partial charge is 0.0992 e. The molecule has 0 atom stereocenters. The number of nitriles is 1. The van der Waals surface area contributed by atoms with Crippen LogP contribution in [0, 0.1) is 18.3 Å². The standard InChI is InChI=1S/C14H15NS/c1-9-11-6-5-10(8-15)7-12(11)16-13(9)14(2,3)4/h5-7H,1-4H3. The largest absolute Gasteiger partial charge is 0.192 e. The highest BCUT2D eigenvalue weighted by molar-refractivity contribution is 7.19. The molecule has 1 aromatic carbocycles. The van der Waals surface area contributed by atoms with Crippen LogP contribution >= 0.6 is 11.3 Å². The van der Waals surface area contributed by atoms with E-state index in [0.29, 0.717) is 0 Å². The van der Waals surface area contributed by atoms with Crippen LogP contribution in [-0.4, -0.2) is 0 Å². The van der Waals surface area contributed by atoms with E-state index in [1.54, 1.807) is 0 Å². The lowest BCUT2D eigenvalue weighted by Gasteiger charge is -2.17. The van der Waals surface area contributed by atoms with Crippen molar-refractivity contribution in [1.82, 2.24) is 0 Å². The third-order valence-corrected chi connectivity index (χ3v) is 4.43. The van der Waals surface area contributed by atoms with Gasteiger partial charge in [0.25, 0.3) is 0 Å². The first-order valence-corrected chi connectivity index (χ1v) is 6.19. The van der Waals surface area contributed by atoms with Crippen molar-refractivity contribution in [3.8, 4) is 6.07 Å². The molecule has 0 aliphatic rings. The van der Waals surface area contributed by atoms with Gasteiger partial charge in [0.2, 0.25) is 0 Å². The van der Waals surface area contributed by atoms with E-state index in [9.17, 15) is 0 Å². The molecule has 2 aromatic rings. The van der Waals surface area contributed by atoms with Crippen LogP contribution in [0.5, 0.6) is 0 Å². The normalized spacial score (nSPS) is 11.7. The van der Waals surface area contributed by atoms with E-state index in [-0.39, 0.29) is 5.41 Å². The van der Waals surface area contributed by atoms with E-state index in [4.69, 9.17) is 5.26 Å². The highest BCUT2D eigenvalue weighted by Gasteiger charge is 2.20. The predicted molar refractivity (Wildman–Crippen MR) is 70.0 cm³/mol. The van der Waals surface area contributed by atoms with Crippen LogP contribution in [0.4, 0.5) is 0 Å². The van der Waals surface area contributed by atoms with Crippen LogP contribution in [0.1, 0.15) is 36.8 Å². The molecule has 0 radical (unpaired) electrons. The van der Waals surface area contributed by atoms with Crippen molar-refractivity contribution < 1.29 is 0 Å². The SMILES string of the molecule is Cc1c(C(C)(C)C)sc2cc(C#N)ccc12. The molecule has 0 N–H and O–H groups in total. The van der Waals surface area contributed by atoms with E-state index in [1.807, 2.05) is 23.5 Å².